The van der Waals surface area contributed by atoms with Gasteiger partial charge in [-0.1, -0.05) is 59.6 Å². The monoisotopic (exact) mass is 605 g/mol. The van der Waals surface area contributed by atoms with E-state index in [1.165, 1.54) is 18.9 Å². The average molecular weight is 607 g/mol. The molecular formula is C31H25Cl2N3O4S. The third-order valence-corrected chi connectivity index (χ3v) is 7.21. The lowest BCUT2D eigenvalue weighted by Crippen LogP contribution is -2.30. The van der Waals surface area contributed by atoms with Crippen LogP contribution in [0, 0.1) is 0 Å². The van der Waals surface area contributed by atoms with Gasteiger partial charge in [-0.05, 0) is 66.7 Å². The molecular weight excluding hydrogens is 581 g/mol. The Hall–Kier alpha value is -4.24. The second-order valence-corrected chi connectivity index (χ2v) is 10.5. The number of hydrogen-bond donors (Lipinski definition) is 3. The second kappa shape index (κ2) is 14.4. The highest BCUT2D eigenvalue weighted by Crippen LogP contribution is 2.27. The molecule has 4 rings (SSSR count). The summed E-state index contributed by atoms with van der Waals surface area (Å²) in [6, 6.07) is 27.6. The Bertz CT molecular complexity index is 1580. The van der Waals surface area contributed by atoms with Crippen molar-refractivity contribution in [2.45, 2.75) is 4.90 Å². The highest BCUT2D eigenvalue weighted by Gasteiger charge is 2.16. The molecule has 3 N–H and O–H groups in total. The number of halogens is 2. The maximum absolute atomic E-state index is 13.3. The minimum absolute atomic E-state index is 0.0411. The Morgan fingerprint density at radius 1 is 0.854 bits per heavy atom. The number of methoxy groups -OCH3 is 1. The number of rotatable bonds is 10. The van der Waals surface area contributed by atoms with Crippen molar-refractivity contribution in [1.29, 1.82) is 0 Å². The molecule has 208 valence electrons. The zero-order valence-corrected chi connectivity index (χ0v) is 24.1. The van der Waals surface area contributed by atoms with Crippen molar-refractivity contribution in [3.05, 3.63) is 124 Å². The minimum atomic E-state index is -0.514. The van der Waals surface area contributed by atoms with E-state index < -0.39 is 11.8 Å². The van der Waals surface area contributed by atoms with Crippen LogP contribution in [-0.4, -0.2) is 30.6 Å². The molecule has 4 aromatic rings. The molecule has 4 aromatic carbocycles. The van der Waals surface area contributed by atoms with Crippen molar-refractivity contribution < 1.29 is 19.1 Å². The van der Waals surface area contributed by atoms with Crippen LogP contribution in [0.5, 0.6) is 5.75 Å². The number of carbonyl (C=O) groups is 3. The van der Waals surface area contributed by atoms with Crippen LogP contribution in [0.2, 0.25) is 10.0 Å². The highest BCUT2D eigenvalue weighted by molar-refractivity contribution is 8.00. The molecule has 0 aliphatic carbocycles. The van der Waals surface area contributed by atoms with Crippen LogP contribution in [-0.2, 0) is 9.59 Å². The summed E-state index contributed by atoms with van der Waals surface area (Å²) in [7, 11) is 1.53. The first-order valence-corrected chi connectivity index (χ1v) is 14.1. The maximum Gasteiger partial charge on any atom is 0.272 e. The van der Waals surface area contributed by atoms with E-state index in [-0.39, 0.29) is 17.4 Å². The fourth-order valence-electron chi connectivity index (χ4n) is 3.64. The zero-order chi connectivity index (χ0) is 29.2. The average Bonchev–Trinajstić information content (AvgIpc) is 2.98. The van der Waals surface area contributed by atoms with Crippen LogP contribution in [0.25, 0.3) is 6.08 Å². The third kappa shape index (κ3) is 8.62. The van der Waals surface area contributed by atoms with Gasteiger partial charge in [-0.2, -0.15) is 0 Å². The summed E-state index contributed by atoms with van der Waals surface area (Å²) in [4.78, 5) is 39.3. The van der Waals surface area contributed by atoms with Crippen LogP contribution in [0.3, 0.4) is 0 Å². The first-order chi connectivity index (χ1) is 19.8. The smallest absolute Gasteiger partial charge is 0.272 e. The summed E-state index contributed by atoms with van der Waals surface area (Å²) < 4.78 is 5.40. The van der Waals surface area contributed by atoms with E-state index in [4.69, 9.17) is 27.9 Å². The van der Waals surface area contributed by atoms with Gasteiger partial charge in [-0.15, -0.1) is 11.8 Å². The SMILES string of the molecule is COc1ccccc1/C=C(\NC(=O)c1ccccc1)C(=O)Nc1ccc(SCC(=O)Nc2ccc(Cl)cc2Cl)cc1. The first kappa shape index (κ1) is 29.7. The van der Waals surface area contributed by atoms with Gasteiger partial charge in [-0.3, -0.25) is 14.4 Å². The van der Waals surface area contributed by atoms with Crippen molar-refractivity contribution >= 4 is 70.1 Å². The zero-order valence-electron chi connectivity index (χ0n) is 21.8. The molecule has 0 fully saturated rings. The predicted octanol–water partition coefficient (Wildman–Crippen LogP) is 7.14. The molecule has 7 nitrogen and oxygen atoms in total. The van der Waals surface area contributed by atoms with E-state index in [2.05, 4.69) is 16.0 Å². The fourth-order valence-corrected chi connectivity index (χ4v) is 4.80. The number of benzene rings is 4. The van der Waals surface area contributed by atoms with Crippen molar-refractivity contribution in [2.75, 3.05) is 23.5 Å². The molecule has 0 aliphatic rings. The number of anilines is 2. The topological polar surface area (TPSA) is 96.5 Å². The lowest BCUT2D eigenvalue weighted by atomic mass is 10.1. The fraction of sp³-hybridized carbons (Fsp3) is 0.0645. The van der Waals surface area contributed by atoms with Crippen molar-refractivity contribution in [2.24, 2.45) is 0 Å². The van der Waals surface area contributed by atoms with Gasteiger partial charge < -0.3 is 20.7 Å². The van der Waals surface area contributed by atoms with Crippen molar-refractivity contribution in [3.8, 4) is 5.75 Å². The van der Waals surface area contributed by atoms with Gasteiger partial charge in [-0.25, -0.2) is 0 Å². The van der Waals surface area contributed by atoms with Crippen molar-refractivity contribution in [3.63, 3.8) is 0 Å². The number of amides is 3. The highest BCUT2D eigenvalue weighted by atomic mass is 35.5. The van der Waals surface area contributed by atoms with Gasteiger partial charge in [0.2, 0.25) is 5.91 Å². The van der Waals surface area contributed by atoms with E-state index in [1.807, 2.05) is 12.1 Å². The van der Waals surface area contributed by atoms with Gasteiger partial charge in [0.25, 0.3) is 11.8 Å². The summed E-state index contributed by atoms with van der Waals surface area (Å²) in [6.45, 7) is 0. The minimum Gasteiger partial charge on any atom is -0.496 e. The number of nitrogens with one attached hydrogen (secondary N) is 3. The summed E-state index contributed by atoms with van der Waals surface area (Å²) in [6.07, 6.45) is 1.56. The second-order valence-electron chi connectivity index (χ2n) is 8.56. The third-order valence-electron chi connectivity index (χ3n) is 5.65. The molecule has 0 saturated heterocycles. The van der Waals surface area contributed by atoms with E-state index in [1.54, 1.807) is 91.0 Å². The van der Waals surface area contributed by atoms with E-state index in [0.717, 1.165) is 4.90 Å². The predicted molar refractivity (Wildman–Crippen MR) is 166 cm³/mol. The molecule has 0 spiro atoms. The molecule has 0 bridgehead atoms. The van der Waals surface area contributed by atoms with Crippen LogP contribution in [0.4, 0.5) is 11.4 Å². The molecule has 10 heteroatoms. The summed E-state index contributed by atoms with van der Waals surface area (Å²) in [5.74, 6) is -0.457. The Labute approximate surface area is 251 Å². The Balaban J connectivity index is 1.42. The van der Waals surface area contributed by atoms with Gasteiger partial charge in [0.1, 0.15) is 11.4 Å². The largest absolute Gasteiger partial charge is 0.496 e. The van der Waals surface area contributed by atoms with E-state index in [9.17, 15) is 14.4 Å². The van der Waals surface area contributed by atoms with Crippen LogP contribution >= 0.6 is 35.0 Å². The molecule has 3 amide bonds. The summed E-state index contributed by atoms with van der Waals surface area (Å²) in [5, 5.41) is 9.12. The standard InChI is InChI=1S/C31H25Cl2N3O4S/c1-40-28-10-6-5-9-21(28)17-27(36-30(38)20-7-3-2-4-8-20)31(39)34-23-12-14-24(15-13-23)41-19-29(37)35-26-16-11-22(32)18-25(26)33/h2-18H,19H2,1H3,(H,34,39)(H,35,37)(H,36,38)/b27-17-. The molecule has 41 heavy (non-hydrogen) atoms. The Morgan fingerprint density at radius 3 is 2.27 bits per heavy atom. The van der Waals surface area contributed by atoms with Crippen LogP contribution in [0.15, 0.2) is 108 Å². The van der Waals surface area contributed by atoms with Gasteiger partial charge in [0.05, 0.1) is 23.6 Å². The molecule has 0 aliphatic heterocycles. The number of ether oxygens (including phenoxy) is 1. The lowest BCUT2D eigenvalue weighted by Gasteiger charge is -2.13. The first-order valence-electron chi connectivity index (χ1n) is 12.3. The molecule has 0 saturated carbocycles. The molecule has 0 unspecified atom stereocenters. The maximum atomic E-state index is 13.3. The van der Waals surface area contributed by atoms with Crippen LogP contribution < -0.4 is 20.7 Å². The van der Waals surface area contributed by atoms with E-state index >= 15 is 0 Å². The molecule has 0 aromatic heterocycles. The van der Waals surface area contributed by atoms with Gasteiger partial charge >= 0.3 is 0 Å². The number of thioether (sulfide) groups is 1. The quantitative estimate of drug-likeness (QED) is 0.132. The lowest BCUT2D eigenvalue weighted by molar-refractivity contribution is -0.114. The summed E-state index contributed by atoms with van der Waals surface area (Å²) in [5.41, 5.74) is 2.07. The van der Waals surface area contributed by atoms with Gasteiger partial charge in [0.15, 0.2) is 0 Å². The Morgan fingerprint density at radius 2 is 1.56 bits per heavy atom. The number of carbonyl (C=O) groups excluding carboxylic acids is 3. The van der Waals surface area contributed by atoms with E-state index in [0.29, 0.717) is 38.3 Å². The molecule has 0 heterocycles. The molecule has 0 radical (unpaired) electrons. The van der Waals surface area contributed by atoms with Gasteiger partial charge in [0, 0.05) is 26.7 Å². The normalized spacial score (nSPS) is 11.0. The molecule has 0 atom stereocenters. The van der Waals surface area contributed by atoms with Crippen molar-refractivity contribution in [1.82, 2.24) is 5.32 Å². The summed E-state index contributed by atoms with van der Waals surface area (Å²) >= 11 is 13.3. The van der Waals surface area contributed by atoms with Crippen LogP contribution in [0.1, 0.15) is 15.9 Å². The number of para-hydroxylation sites is 1. The Kier molecular flexibility index (Phi) is 10.5. The number of hydrogen-bond acceptors (Lipinski definition) is 5.